The molecule has 7 aromatic carbocycles. The lowest BCUT2D eigenvalue weighted by Gasteiger charge is -2.34. The lowest BCUT2D eigenvalue weighted by atomic mass is 9.67. The number of nitrogens with one attached hydrogen (secondary N) is 1. The van der Waals surface area contributed by atoms with Gasteiger partial charge in [0, 0.05) is 11.1 Å². The molecule has 0 fully saturated rings. The van der Waals surface area contributed by atoms with Gasteiger partial charge in [-0.2, -0.15) is 0 Å². The normalized spacial score (nSPS) is 13.3. The fourth-order valence-electron chi connectivity index (χ4n) is 7.23. The molecule has 1 aliphatic carbocycles. The fraction of sp³-hybridized carbons (Fsp3) is 0.0233. The maximum Gasteiger partial charge on any atom is 0.154 e. The van der Waals surface area contributed by atoms with Gasteiger partial charge in [-0.15, -0.1) is 0 Å². The average Bonchev–Trinajstić information content (AvgIpc) is 3.43. The number of nitrogens with zero attached hydrogens (tertiary/aromatic N) is 1. The summed E-state index contributed by atoms with van der Waals surface area (Å²) in [5, 5.41) is 11.5. The molecule has 0 saturated carbocycles. The molecule has 0 amide bonds. The summed E-state index contributed by atoms with van der Waals surface area (Å²) >= 11 is 0. The highest BCUT2D eigenvalue weighted by Gasteiger charge is 2.46. The van der Waals surface area contributed by atoms with E-state index in [0.717, 1.165) is 33.0 Å². The molecule has 218 valence electrons. The second-order valence-electron chi connectivity index (χ2n) is 11.7. The van der Waals surface area contributed by atoms with Crippen molar-refractivity contribution < 1.29 is 0 Å². The van der Waals surface area contributed by atoms with E-state index in [9.17, 15) is 5.41 Å². The summed E-state index contributed by atoms with van der Waals surface area (Å²) in [5.41, 5.74) is 16.8. The lowest BCUT2D eigenvalue weighted by molar-refractivity contribution is 0.768. The maximum absolute atomic E-state index is 9.30. The molecule has 3 N–H and O–H groups in total. The Hall–Kier alpha value is -6.06. The van der Waals surface area contributed by atoms with Crippen LogP contribution >= 0.6 is 0 Å². The standard InChI is InChI=1S/C43H31N3/c44-41(29-15-4-1-5-16-29)46-42(45)37-28-31-18-11-10-17-30(31)27-36(37)34-24-14-26-39-40(34)35-23-12-13-25-38(35)43(39,32-19-6-2-7-20-32)33-21-8-3-9-22-33/h1-28H,(H3,44,45,46). The van der Waals surface area contributed by atoms with Crippen molar-refractivity contribution in [3.63, 3.8) is 0 Å². The molecule has 0 saturated heterocycles. The van der Waals surface area contributed by atoms with E-state index < -0.39 is 5.41 Å². The fourth-order valence-corrected chi connectivity index (χ4v) is 7.23. The minimum atomic E-state index is -0.509. The van der Waals surface area contributed by atoms with Crippen LogP contribution in [0.15, 0.2) is 175 Å². The van der Waals surface area contributed by atoms with E-state index in [-0.39, 0.29) is 5.84 Å². The summed E-state index contributed by atoms with van der Waals surface area (Å²) in [4.78, 5) is 4.65. The van der Waals surface area contributed by atoms with Crippen LogP contribution in [0.5, 0.6) is 0 Å². The number of amidine groups is 2. The predicted molar refractivity (Wildman–Crippen MR) is 191 cm³/mol. The van der Waals surface area contributed by atoms with Crippen LogP contribution in [0.25, 0.3) is 33.0 Å². The zero-order chi connectivity index (χ0) is 31.1. The zero-order valence-electron chi connectivity index (χ0n) is 25.2. The van der Waals surface area contributed by atoms with Crippen LogP contribution in [0.2, 0.25) is 0 Å². The average molecular weight is 590 g/mol. The molecule has 0 heterocycles. The van der Waals surface area contributed by atoms with Gasteiger partial charge in [0.25, 0.3) is 0 Å². The largest absolute Gasteiger partial charge is 0.383 e. The van der Waals surface area contributed by atoms with Crippen molar-refractivity contribution >= 4 is 22.4 Å². The molecule has 0 atom stereocenters. The van der Waals surface area contributed by atoms with Crippen molar-refractivity contribution in [2.75, 3.05) is 0 Å². The van der Waals surface area contributed by atoms with Crippen LogP contribution in [0.3, 0.4) is 0 Å². The van der Waals surface area contributed by atoms with E-state index in [1.165, 1.54) is 33.4 Å². The lowest BCUT2D eigenvalue weighted by Crippen LogP contribution is -2.28. The Bertz CT molecular complexity index is 2230. The molecule has 3 heteroatoms. The first-order valence-corrected chi connectivity index (χ1v) is 15.5. The van der Waals surface area contributed by atoms with Crippen LogP contribution in [0.4, 0.5) is 0 Å². The van der Waals surface area contributed by atoms with Gasteiger partial charge in [-0.05, 0) is 67.4 Å². The molecule has 7 aromatic rings. The topological polar surface area (TPSA) is 62.2 Å². The van der Waals surface area contributed by atoms with Gasteiger partial charge in [0.1, 0.15) is 5.84 Å². The molecule has 8 rings (SSSR count). The second kappa shape index (κ2) is 11.1. The van der Waals surface area contributed by atoms with Gasteiger partial charge in [-0.1, -0.05) is 158 Å². The minimum Gasteiger partial charge on any atom is -0.383 e. The first kappa shape index (κ1) is 27.5. The predicted octanol–water partition coefficient (Wildman–Crippen LogP) is 9.60. The van der Waals surface area contributed by atoms with Crippen molar-refractivity contribution in [3.05, 3.63) is 203 Å². The number of rotatable bonds is 5. The molecule has 0 unspecified atom stereocenters. The van der Waals surface area contributed by atoms with Gasteiger partial charge in [0.15, 0.2) is 5.84 Å². The third kappa shape index (κ3) is 4.28. The number of fused-ring (bicyclic) bond motifs is 4. The van der Waals surface area contributed by atoms with Crippen LogP contribution in [-0.4, -0.2) is 11.7 Å². The van der Waals surface area contributed by atoms with Gasteiger partial charge >= 0.3 is 0 Å². The Morgan fingerprint density at radius 2 is 1.02 bits per heavy atom. The van der Waals surface area contributed by atoms with E-state index in [0.29, 0.717) is 5.84 Å². The first-order chi connectivity index (χ1) is 22.7. The molecule has 46 heavy (non-hydrogen) atoms. The highest BCUT2D eigenvalue weighted by molar-refractivity contribution is 6.15. The Kier molecular flexibility index (Phi) is 6.66. The third-order valence-corrected chi connectivity index (χ3v) is 9.22. The molecule has 0 radical (unpaired) electrons. The van der Waals surface area contributed by atoms with Crippen LogP contribution in [0.1, 0.15) is 33.4 Å². The molecule has 3 nitrogen and oxygen atoms in total. The molecular formula is C43H31N3. The molecular weight excluding hydrogens is 558 g/mol. The smallest absolute Gasteiger partial charge is 0.154 e. The summed E-state index contributed by atoms with van der Waals surface area (Å²) in [6, 6.07) is 59.2. The van der Waals surface area contributed by atoms with Crippen molar-refractivity contribution in [1.82, 2.24) is 0 Å². The Balaban J connectivity index is 1.43. The van der Waals surface area contributed by atoms with Crippen molar-refractivity contribution in [2.24, 2.45) is 10.7 Å². The quantitative estimate of drug-likeness (QED) is 0.152. The summed E-state index contributed by atoms with van der Waals surface area (Å²) in [6.07, 6.45) is 0. The van der Waals surface area contributed by atoms with Crippen molar-refractivity contribution in [3.8, 4) is 22.3 Å². The molecule has 0 spiro atoms. The van der Waals surface area contributed by atoms with Crippen molar-refractivity contribution in [2.45, 2.75) is 5.41 Å². The summed E-state index contributed by atoms with van der Waals surface area (Å²) in [5.74, 6) is 0.448. The van der Waals surface area contributed by atoms with E-state index >= 15 is 0 Å². The van der Waals surface area contributed by atoms with Gasteiger partial charge in [-0.3, -0.25) is 5.41 Å². The number of benzene rings is 7. The van der Waals surface area contributed by atoms with Gasteiger partial charge in [0.05, 0.1) is 5.41 Å². The zero-order valence-corrected chi connectivity index (χ0v) is 25.2. The monoisotopic (exact) mass is 589 g/mol. The molecule has 0 bridgehead atoms. The molecule has 0 aliphatic heterocycles. The Morgan fingerprint density at radius 1 is 0.500 bits per heavy atom. The summed E-state index contributed by atoms with van der Waals surface area (Å²) in [6.45, 7) is 0. The minimum absolute atomic E-state index is 0.128. The van der Waals surface area contributed by atoms with E-state index in [2.05, 4.69) is 138 Å². The van der Waals surface area contributed by atoms with Crippen LogP contribution in [0, 0.1) is 5.41 Å². The van der Waals surface area contributed by atoms with Gasteiger partial charge < -0.3 is 5.73 Å². The molecule has 1 aliphatic rings. The Labute approximate surface area is 268 Å². The van der Waals surface area contributed by atoms with E-state index in [1.807, 2.05) is 36.4 Å². The third-order valence-electron chi connectivity index (χ3n) is 9.22. The van der Waals surface area contributed by atoms with Crippen LogP contribution < -0.4 is 5.73 Å². The number of nitrogens with two attached hydrogens (primary N) is 1. The van der Waals surface area contributed by atoms with Gasteiger partial charge in [0.2, 0.25) is 0 Å². The highest BCUT2D eigenvalue weighted by Crippen LogP contribution is 2.58. The second-order valence-corrected chi connectivity index (χ2v) is 11.7. The number of hydrogen-bond donors (Lipinski definition) is 2. The van der Waals surface area contributed by atoms with E-state index in [1.54, 1.807) is 0 Å². The summed E-state index contributed by atoms with van der Waals surface area (Å²) in [7, 11) is 0. The SMILES string of the molecule is N=C(/N=C(\N)c1ccccc1)c1cc2ccccc2cc1-c1cccc2c1-c1ccccc1C2(c1ccccc1)c1ccccc1. The van der Waals surface area contributed by atoms with Crippen molar-refractivity contribution in [1.29, 1.82) is 5.41 Å². The number of hydrogen-bond acceptors (Lipinski definition) is 1. The number of aliphatic imine (C=N–C) groups is 1. The highest BCUT2D eigenvalue weighted by atomic mass is 14.9. The summed E-state index contributed by atoms with van der Waals surface area (Å²) < 4.78 is 0. The van der Waals surface area contributed by atoms with Crippen LogP contribution in [-0.2, 0) is 5.41 Å². The Morgan fingerprint density at radius 3 is 1.70 bits per heavy atom. The maximum atomic E-state index is 9.30. The van der Waals surface area contributed by atoms with Gasteiger partial charge in [-0.25, -0.2) is 4.99 Å². The molecule has 0 aromatic heterocycles. The first-order valence-electron chi connectivity index (χ1n) is 15.5. The van der Waals surface area contributed by atoms with E-state index in [4.69, 9.17) is 5.73 Å².